The van der Waals surface area contributed by atoms with Gasteiger partial charge in [0.15, 0.2) is 0 Å². The zero-order valence-corrected chi connectivity index (χ0v) is 14.7. The van der Waals surface area contributed by atoms with Crippen LogP contribution in [0.3, 0.4) is 0 Å². The van der Waals surface area contributed by atoms with Crippen LogP contribution in [0.5, 0.6) is 0 Å². The zero-order chi connectivity index (χ0) is 17.0. The monoisotopic (exact) mass is 348 g/mol. The zero-order valence-electron chi connectivity index (χ0n) is 13.9. The lowest BCUT2D eigenvalue weighted by Gasteiger charge is -2.09. The minimum Gasteiger partial charge on any atom is -0.379 e. The van der Waals surface area contributed by atoms with Gasteiger partial charge < -0.3 is 20.1 Å². The summed E-state index contributed by atoms with van der Waals surface area (Å²) in [6, 6.07) is 11.5. The smallest absolute Gasteiger partial charge is 0.319 e. The van der Waals surface area contributed by atoms with Gasteiger partial charge in [-0.05, 0) is 42.5 Å². The number of amides is 2. The number of hydrogen-bond donors (Lipinski definition) is 2. The van der Waals surface area contributed by atoms with E-state index in [-0.39, 0.29) is 6.03 Å². The first-order valence-electron chi connectivity index (χ1n) is 8.09. The van der Waals surface area contributed by atoms with Gasteiger partial charge in [-0.2, -0.15) is 0 Å². The van der Waals surface area contributed by atoms with E-state index in [0.717, 1.165) is 17.7 Å². The topological polar surface area (TPSA) is 59.6 Å². The molecular formula is C18H24N2O3S. The van der Waals surface area contributed by atoms with Crippen LogP contribution in [0.2, 0.25) is 0 Å². The number of benzene rings is 1. The van der Waals surface area contributed by atoms with Crippen molar-refractivity contribution in [3.05, 3.63) is 52.2 Å². The third-order valence-corrected chi connectivity index (χ3v) is 4.20. The number of rotatable bonds is 10. The molecular weight excluding hydrogens is 324 g/mol. The van der Waals surface area contributed by atoms with Gasteiger partial charge in [-0.15, -0.1) is 11.3 Å². The summed E-state index contributed by atoms with van der Waals surface area (Å²) in [6.07, 6.45) is 0.846. The van der Waals surface area contributed by atoms with Crippen LogP contribution in [0, 0.1) is 0 Å². The Kier molecular flexibility index (Phi) is 8.31. The Bertz CT molecular complexity index is 602. The van der Waals surface area contributed by atoms with Crippen LogP contribution in [-0.2, 0) is 22.5 Å². The van der Waals surface area contributed by atoms with Crippen LogP contribution in [0.1, 0.15) is 17.4 Å². The van der Waals surface area contributed by atoms with Gasteiger partial charge >= 0.3 is 6.03 Å². The van der Waals surface area contributed by atoms with Crippen LogP contribution in [0.25, 0.3) is 0 Å². The molecule has 1 aromatic carbocycles. The first-order chi connectivity index (χ1) is 11.8. The average molecular weight is 348 g/mol. The second-order valence-electron chi connectivity index (χ2n) is 5.16. The molecule has 2 amide bonds. The summed E-state index contributed by atoms with van der Waals surface area (Å²) in [7, 11) is 0. The van der Waals surface area contributed by atoms with E-state index >= 15 is 0 Å². The highest BCUT2D eigenvalue weighted by atomic mass is 32.1. The van der Waals surface area contributed by atoms with Gasteiger partial charge in [0.25, 0.3) is 0 Å². The summed E-state index contributed by atoms with van der Waals surface area (Å²) in [5, 5.41) is 7.75. The fourth-order valence-electron chi connectivity index (χ4n) is 2.12. The number of carbonyl (C=O) groups is 1. The van der Waals surface area contributed by atoms with Gasteiger partial charge in [0.1, 0.15) is 0 Å². The molecule has 5 nitrogen and oxygen atoms in total. The molecule has 0 atom stereocenters. The van der Waals surface area contributed by atoms with E-state index < -0.39 is 0 Å². The number of urea groups is 1. The maximum absolute atomic E-state index is 11.9. The Morgan fingerprint density at radius 1 is 1.17 bits per heavy atom. The molecule has 2 rings (SSSR count). The second-order valence-corrected chi connectivity index (χ2v) is 6.19. The number of anilines is 1. The number of carbonyl (C=O) groups excluding carboxylic acids is 1. The van der Waals surface area contributed by atoms with E-state index in [1.807, 2.05) is 42.6 Å². The predicted molar refractivity (Wildman–Crippen MR) is 97.6 cm³/mol. The summed E-state index contributed by atoms with van der Waals surface area (Å²) in [6.45, 7) is 4.94. The van der Waals surface area contributed by atoms with Gasteiger partial charge in [-0.1, -0.05) is 18.2 Å². The van der Waals surface area contributed by atoms with Crippen LogP contribution >= 0.6 is 11.3 Å². The first-order valence-corrected chi connectivity index (χ1v) is 8.97. The van der Waals surface area contributed by atoms with E-state index in [9.17, 15) is 4.79 Å². The number of nitrogens with one attached hydrogen (secondary N) is 2. The van der Waals surface area contributed by atoms with Crippen molar-refractivity contribution in [3.8, 4) is 0 Å². The lowest BCUT2D eigenvalue weighted by atomic mass is 10.2. The van der Waals surface area contributed by atoms with Crippen LogP contribution in [-0.4, -0.2) is 32.4 Å². The summed E-state index contributed by atoms with van der Waals surface area (Å²) in [5.41, 5.74) is 1.78. The molecule has 2 N–H and O–H groups in total. The molecule has 0 unspecified atom stereocenters. The van der Waals surface area contributed by atoms with Crippen LogP contribution in [0.4, 0.5) is 10.5 Å². The fourth-order valence-corrected chi connectivity index (χ4v) is 2.83. The van der Waals surface area contributed by atoms with E-state index in [4.69, 9.17) is 9.47 Å². The maximum Gasteiger partial charge on any atom is 0.319 e. The second kappa shape index (κ2) is 10.8. The van der Waals surface area contributed by atoms with Crippen molar-refractivity contribution < 1.29 is 14.3 Å². The lowest BCUT2D eigenvalue weighted by Crippen LogP contribution is -2.30. The van der Waals surface area contributed by atoms with Crippen molar-refractivity contribution in [2.24, 2.45) is 0 Å². The molecule has 0 saturated carbocycles. The fraction of sp³-hybridized carbons (Fsp3) is 0.389. The van der Waals surface area contributed by atoms with E-state index in [1.54, 1.807) is 11.3 Å². The molecule has 0 fully saturated rings. The standard InChI is InChI=1S/C18H24N2O3S/c1-2-22-10-11-23-14-15-5-3-6-16(13-15)20-18(21)19-9-8-17-7-4-12-24-17/h3-7,12-13H,2,8-11,14H2,1H3,(H2,19,20,21). The molecule has 0 aliphatic carbocycles. The van der Waals surface area contributed by atoms with Crippen molar-refractivity contribution in [2.75, 3.05) is 31.7 Å². The van der Waals surface area contributed by atoms with Gasteiger partial charge in [-0.25, -0.2) is 4.79 Å². The van der Waals surface area contributed by atoms with Crippen molar-refractivity contribution in [1.82, 2.24) is 5.32 Å². The van der Waals surface area contributed by atoms with E-state index in [0.29, 0.717) is 33.0 Å². The Morgan fingerprint density at radius 3 is 2.83 bits per heavy atom. The highest BCUT2D eigenvalue weighted by Crippen LogP contribution is 2.12. The third kappa shape index (κ3) is 7.12. The Morgan fingerprint density at radius 2 is 2.04 bits per heavy atom. The van der Waals surface area contributed by atoms with Crippen LogP contribution < -0.4 is 10.6 Å². The molecule has 24 heavy (non-hydrogen) atoms. The summed E-state index contributed by atoms with van der Waals surface area (Å²) >= 11 is 1.70. The maximum atomic E-state index is 11.9. The van der Waals surface area contributed by atoms with Crippen molar-refractivity contribution >= 4 is 23.1 Å². The Hall–Kier alpha value is -1.89. The molecule has 0 aliphatic rings. The predicted octanol–water partition coefficient (Wildman–Crippen LogP) is 3.67. The molecule has 0 bridgehead atoms. The molecule has 0 radical (unpaired) electrons. The molecule has 1 heterocycles. The number of thiophene rings is 1. The minimum absolute atomic E-state index is 0.194. The van der Waals surface area contributed by atoms with E-state index in [2.05, 4.69) is 16.7 Å². The molecule has 1 aromatic heterocycles. The quantitative estimate of drug-likeness (QED) is 0.644. The molecule has 6 heteroatoms. The van der Waals surface area contributed by atoms with Gasteiger partial charge in [0.2, 0.25) is 0 Å². The van der Waals surface area contributed by atoms with Crippen molar-refractivity contribution in [1.29, 1.82) is 0 Å². The molecule has 0 saturated heterocycles. The molecule has 0 aliphatic heterocycles. The molecule has 0 spiro atoms. The highest BCUT2D eigenvalue weighted by Gasteiger charge is 2.03. The normalized spacial score (nSPS) is 10.5. The van der Waals surface area contributed by atoms with E-state index in [1.165, 1.54) is 4.88 Å². The summed E-state index contributed by atoms with van der Waals surface area (Å²) in [5.74, 6) is 0. The summed E-state index contributed by atoms with van der Waals surface area (Å²) < 4.78 is 10.8. The highest BCUT2D eigenvalue weighted by molar-refractivity contribution is 7.09. The molecule has 2 aromatic rings. The van der Waals surface area contributed by atoms with Crippen molar-refractivity contribution in [2.45, 2.75) is 20.0 Å². The largest absolute Gasteiger partial charge is 0.379 e. The third-order valence-electron chi connectivity index (χ3n) is 3.27. The van der Waals surface area contributed by atoms with Crippen molar-refractivity contribution in [3.63, 3.8) is 0 Å². The van der Waals surface area contributed by atoms with Gasteiger partial charge in [-0.3, -0.25) is 0 Å². The van der Waals surface area contributed by atoms with Crippen LogP contribution in [0.15, 0.2) is 41.8 Å². The summed E-state index contributed by atoms with van der Waals surface area (Å²) in [4.78, 5) is 13.2. The average Bonchev–Trinajstić information content (AvgIpc) is 3.08. The SMILES string of the molecule is CCOCCOCc1cccc(NC(=O)NCCc2cccs2)c1. The Labute approximate surface area is 147 Å². The Balaban J connectivity index is 1.69. The minimum atomic E-state index is -0.194. The molecule has 130 valence electrons. The first kappa shape index (κ1) is 18.4. The number of ether oxygens (including phenoxy) is 2. The lowest BCUT2D eigenvalue weighted by molar-refractivity contribution is 0.0453. The van der Waals surface area contributed by atoms with Gasteiger partial charge in [0.05, 0.1) is 19.8 Å². The number of hydrogen-bond acceptors (Lipinski definition) is 4. The van der Waals surface area contributed by atoms with Gasteiger partial charge in [0, 0.05) is 23.7 Å².